The van der Waals surface area contributed by atoms with Crippen LogP contribution in [-0.4, -0.2) is 31.8 Å². The second kappa shape index (κ2) is 7.39. The summed E-state index contributed by atoms with van der Waals surface area (Å²) in [5, 5.41) is 3.91. The van der Waals surface area contributed by atoms with Gasteiger partial charge < -0.3 is 10.3 Å². The van der Waals surface area contributed by atoms with Crippen molar-refractivity contribution in [2.75, 3.05) is 5.32 Å². The number of aromatic nitrogens is 4. The molecule has 2 aromatic carbocycles. The summed E-state index contributed by atoms with van der Waals surface area (Å²) >= 11 is 6.41. The number of H-pyrrole nitrogens is 1. The summed E-state index contributed by atoms with van der Waals surface area (Å²) in [5.74, 6) is 0.213. The Morgan fingerprint density at radius 1 is 1.07 bits per heavy atom. The third-order valence-corrected chi connectivity index (χ3v) is 5.73. The number of imidazole rings is 1. The molecular formula is C23H18ClN5O. The van der Waals surface area contributed by atoms with E-state index in [9.17, 15) is 4.79 Å². The van der Waals surface area contributed by atoms with Crippen molar-refractivity contribution < 1.29 is 4.79 Å². The van der Waals surface area contributed by atoms with E-state index < -0.39 is 5.92 Å². The van der Waals surface area contributed by atoms with E-state index in [0.717, 1.165) is 22.2 Å². The van der Waals surface area contributed by atoms with Crippen LogP contribution in [0.5, 0.6) is 0 Å². The number of nitrogens with one attached hydrogen (secondary N) is 2. The van der Waals surface area contributed by atoms with Crippen molar-refractivity contribution in [1.82, 2.24) is 19.9 Å². The van der Waals surface area contributed by atoms with Gasteiger partial charge in [0.25, 0.3) is 0 Å². The standard InChI is InChI=1S/C23H18ClN5O/c1-13(29-23-20-22(26-11-25-20)27-12-28-23)16-10-15-8-5-9-17(24)19(15)21(30)18(16)14-6-3-2-4-7-14/h2-13,18H,1H3,(H2,25,26,27,28,29)/t13-,18?/m0/s1. The molecule has 2 heterocycles. The van der Waals surface area contributed by atoms with Crippen molar-refractivity contribution >= 4 is 40.4 Å². The van der Waals surface area contributed by atoms with Gasteiger partial charge in [-0.05, 0) is 29.7 Å². The van der Waals surface area contributed by atoms with Gasteiger partial charge in [0.05, 0.1) is 17.3 Å². The topological polar surface area (TPSA) is 83.6 Å². The minimum absolute atomic E-state index is 0.00215. The Morgan fingerprint density at radius 2 is 1.90 bits per heavy atom. The quantitative estimate of drug-likeness (QED) is 0.496. The zero-order chi connectivity index (χ0) is 20.7. The number of anilines is 1. The Balaban J connectivity index is 1.61. The number of aromatic amines is 1. The zero-order valence-electron chi connectivity index (χ0n) is 16.1. The van der Waals surface area contributed by atoms with E-state index in [1.165, 1.54) is 6.33 Å². The highest BCUT2D eigenvalue weighted by Gasteiger charge is 2.35. The molecule has 0 saturated carbocycles. The van der Waals surface area contributed by atoms with Gasteiger partial charge in [0.1, 0.15) is 11.8 Å². The van der Waals surface area contributed by atoms with Gasteiger partial charge in [-0.15, -0.1) is 0 Å². The van der Waals surface area contributed by atoms with E-state index in [4.69, 9.17) is 11.6 Å². The molecule has 0 amide bonds. The molecule has 2 N–H and O–H groups in total. The molecule has 0 spiro atoms. The van der Waals surface area contributed by atoms with E-state index >= 15 is 0 Å². The molecule has 148 valence electrons. The fourth-order valence-corrected chi connectivity index (χ4v) is 4.28. The van der Waals surface area contributed by atoms with Crippen molar-refractivity contribution in [3.05, 3.63) is 88.5 Å². The number of halogens is 1. The summed E-state index contributed by atoms with van der Waals surface area (Å²) in [6.45, 7) is 2.02. The molecule has 30 heavy (non-hydrogen) atoms. The number of rotatable bonds is 4. The van der Waals surface area contributed by atoms with Crippen molar-refractivity contribution in [3.8, 4) is 0 Å². The number of hydrogen-bond acceptors (Lipinski definition) is 5. The summed E-state index contributed by atoms with van der Waals surface area (Å²) in [7, 11) is 0. The Kier molecular flexibility index (Phi) is 4.56. The van der Waals surface area contributed by atoms with Gasteiger partial charge in [-0.25, -0.2) is 15.0 Å². The van der Waals surface area contributed by atoms with Crippen LogP contribution in [0.3, 0.4) is 0 Å². The van der Waals surface area contributed by atoms with Crippen molar-refractivity contribution in [1.29, 1.82) is 0 Å². The molecular weight excluding hydrogens is 398 g/mol. The molecule has 5 rings (SSSR count). The molecule has 1 aliphatic carbocycles. The maximum atomic E-state index is 13.6. The molecule has 2 atom stereocenters. The second-order valence-electron chi connectivity index (χ2n) is 7.25. The maximum Gasteiger partial charge on any atom is 0.182 e. The number of ketones is 1. The lowest BCUT2D eigenvalue weighted by atomic mass is 9.76. The van der Waals surface area contributed by atoms with Crippen LogP contribution in [0.25, 0.3) is 17.2 Å². The van der Waals surface area contributed by atoms with E-state index in [-0.39, 0.29) is 11.8 Å². The fourth-order valence-electron chi connectivity index (χ4n) is 4.01. The molecule has 6 nitrogen and oxygen atoms in total. The van der Waals surface area contributed by atoms with Gasteiger partial charge in [0, 0.05) is 11.6 Å². The van der Waals surface area contributed by atoms with Crippen LogP contribution in [0.1, 0.15) is 34.3 Å². The number of carbonyl (C=O) groups is 1. The van der Waals surface area contributed by atoms with Gasteiger partial charge >= 0.3 is 0 Å². The number of nitrogens with zero attached hydrogens (tertiary/aromatic N) is 3. The normalized spacial score (nSPS) is 16.8. The van der Waals surface area contributed by atoms with Crippen LogP contribution in [0.15, 0.2) is 66.8 Å². The predicted octanol–water partition coefficient (Wildman–Crippen LogP) is 4.87. The highest BCUT2D eigenvalue weighted by molar-refractivity contribution is 6.35. The van der Waals surface area contributed by atoms with Gasteiger partial charge in [-0.2, -0.15) is 0 Å². The predicted molar refractivity (Wildman–Crippen MR) is 118 cm³/mol. The van der Waals surface area contributed by atoms with Gasteiger partial charge in [0.15, 0.2) is 17.2 Å². The Bertz CT molecular complexity index is 1280. The summed E-state index contributed by atoms with van der Waals surface area (Å²) in [4.78, 5) is 29.4. The van der Waals surface area contributed by atoms with Crippen LogP contribution < -0.4 is 5.32 Å². The first-order chi connectivity index (χ1) is 14.6. The highest BCUT2D eigenvalue weighted by Crippen LogP contribution is 2.40. The monoisotopic (exact) mass is 415 g/mol. The number of hydrogen-bond donors (Lipinski definition) is 2. The molecule has 0 aliphatic heterocycles. The first-order valence-corrected chi connectivity index (χ1v) is 10.0. The van der Waals surface area contributed by atoms with Gasteiger partial charge in [0.2, 0.25) is 0 Å². The van der Waals surface area contributed by atoms with E-state index in [1.54, 1.807) is 12.4 Å². The average Bonchev–Trinajstić information content (AvgIpc) is 3.24. The minimum Gasteiger partial charge on any atom is -0.362 e. The van der Waals surface area contributed by atoms with Crippen LogP contribution in [0.4, 0.5) is 5.82 Å². The third-order valence-electron chi connectivity index (χ3n) is 5.42. The SMILES string of the molecule is C[C@H](Nc1ncnc2nc[nH]c12)C1=Cc2cccc(Cl)c2C(=O)C1c1ccccc1. The smallest absolute Gasteiger partial charge is 0.182 e. The van der Waals surface area contributed by atoms with Gasteiger partial charge in [-0.3, -0.25) is 4.79 Å². The van der Waals surface area contributed by atoms with Crippen LogP contribution in [-0.2, 0) is 0 Å². The molecule has 2 aromatic heterocycles. The molecule has 0 fully saturated rings. The maximum absolute atomic E-state index is 13.6. The lowest BCUT2D eigenvalue weighted by Crippen LogP contribution is -2.30. The lowest BCUT2D eigenvalue weighted by Gasteiger charge is -2.30. The summed E-state index contributed by atoms with van der Waals surface area (Å²) in [6.07, 6.45) is 5.12. The molecule has 4 aromatic rings. The minimum atomic E-state index is -0.430. The number of Topliss-reactive ketones (excluding diaryl/α,β-unsaturated/α-hetero) is 1. The van der Waals surface area contributed by atoms with Crippen molar-refractivity contribution in [2.45, 2.75) is 18.9 Å². The number of carbonyl (C=O) groups excluding carboxylic acids is 1. The van der Waals surface area contributed by atoms with Crippen LogP contribution >= 0.6 is 11.6 Å². The number of fused-ring (bicyclic) bond motifs is 2. The third kappa shape index (κ3) is 3.06. The summed E-state index contributed by atoms with van der Waals surface area (Å²) in [5.41, 5.74) is 4.60. The van der Waals surface area contributed by atoms with Gasteiger partial charge in [-0.1, -0.05) is 60.1 Å². The molecule has 0 radical (unpaired) electrons. The van der Waals surface area contributed by atoms with E-state index in [1.807, 2.05) is 49.4 Å². The molecule has 0 bridgehead atoms. The van der Waals surface area contributed by atoms with Crippen LogP contribution in [0.2, 0.25) is 5.02 Å². The molecule has 0 saturated heterocycles. The summed E-state index contributed by atoms with van der Waals surface area (Å²) < 4.78 is 0. The molecule has 1 aliphatic rings. The van der Waals surface area contributed by atoms with Crippen molar-refractivity contribution in [3.63, 3.8) is 0 Å². The zero-order valence-corrected chi connectivity index (χ0v) is 16.9. The van der Waals surface area contributed by atoms with E-state index in [2.05, 4.69) is 31.3 Å². The van der Waals surface area contributed by atoms with E-state index in [0.29, 0.717) is 22.1 Å². The van der Waals surface area contributed by atoms with Crippen LogP contribution in [0, 0.1) is 0 Å². The molecule has 1 unspecified atom stereocenters. The second-order valence-corrected chi connectivity index (χ2v) is 7.65. The Hall–Kier alpha value is -3.51. The lowest BCUT2D eigenvalue weighted by molar-refractivity contribution is 0.0969. The Labute approximate surface area is 178 Å². The first kappa shape index (κ1) is 18.5. The average molecular weight is 416 g/mol. The largest absolute Gasteiger partial charge is 0.362 e. The summed E-state index contributed by atoms with van der Waals surface area (Å²) in [6, 6.07) is 15.2. The first-order valence-electron chi connectivity index (χ1n) is 9.63. The number of benzene rings is 2. The fraction of sp³-hybridized carbons (Fsp3) is 0.130. The van der Waals surface area contributed by atoms with Crippen molar-refractivity contribution in [2.24, 2.45) is 0 Å². The highest BCUT2D eigenvalue weighted by atomic mass is 35.5. The Morgan fingerprint density at radius 3 is 2.73 bits per heavy atom. The molecule has 7 heteroatoms.